The average Bonchev–Trinajstić information content (AvgIpc) is 2.56. The minimum Gasteiger partial charge on any atom is -0.381 e. The first-order chi connectivity index (χ1) is 6.07. The summed E-state index contributed by atoms with van der Waals surface area (Å²) in [5.41, 5.74) is 5.41. The highest BCUT2D eigenvalue weighted by atomic mass is 16.7. The monoisotopic (exact) mass is 184 g/mol. The molecule has 0 spiro atoms. The topological polar surface area (TPSA) is 70.5 Å². The number of nitrogens with zero attached hydrogens (tertiary/aromatic N) is 1. The Morgan fingerprint density at radius 2 is 2.38 bits per heavy atom. The molecule has 1 atom stereocenters. The van der Waals surface area contributed by atoms with Gasteiger partial charge in [-0.3, -0.25) is 0 Å². The van der Waals surface area contributed by atoms with Crippen molar-refractivity contribution < 1.29 is 14.0 Å². The van der Waals surface area contributed by atoms with Gasteiger partial charge in [-0.15, -0.1) is 0 Å². The van der Waals surface area contributed by atoms with Crippen LogP contribution in [-0.2, 0) is 9.47 Å². The summed E-state index contributed by atoms with van der Waals surface area (Å²) in [7, 11) is 0. The first-order valence-electron chi connectivity index (χ1n) is 4.11. The van der Waals surface area contributed by atoms with Gasteiger partial charge in [0.05, 0.1) is 6.61 Å². The van der Waals surface area contributed by atoms with Crippen molar-refractivity contribution >= 4 is 5.82 Å². The molecule has 1 aliphatic heterocycles. The van der Waals surface area contributed by atoms with Gasteiger partial charge < -0.3 is 19.7 Å². The van der Waals surface area contributed by atoms with Crippen LogP contribution in [0.1, 0.15) is 25.7 Å². The maximum atomic E-state index is 5.54. The van der Waals surface area contributed by atoms with Crippen molar-refractivity contribution in [3.05, 3.63) is 11.8 Å². The SMILES string of the molecule is CC1(C)OCC(c2cc(N)no2)O1. The summed E-state index contributed by atoms with van der Waals surface area (Å²) in [6.45, 7) is 4.18. The number of rotatable bonds is 1. The zero-order chi connectivity index (χ0) is 9.47. The molecule has 72 valence electrons. The third-order valence-corrected chi connectivity index (χ3v) is 1.87. The molecule has 2 heterocycles. The van der Waals surface area contributed by atoms with E-state index in [1.807, 2.05) is 13.8 Å². The number of aromatic nitrogens is 1. The summed E-state index contributed by atoms with van der Waals surface area (Å²) in [5.74, 6) is 0.429. The Morgan fingerprint density at radius 3 is 2.85 bits per heavy atom. The van der Waals surface area contributed by atoms with Gasteiger partial charge >= 0.3 is 0 Å². The third kappa shape index (κ3) is 1.66. The minimum atomic E-state index is -0.549. The highest BCUT2D eigenvalue weighted by molar-refractivity contribution is 5.27. The minimum absolute atomic E-state index is 0.195. The summed E-state index contributed by atoms with van der Waals surface area (Å²) in [5, 5.41) is 3.58. The molecule has 1 aromatic heterocycles. The quantitative estimate of drug-likeness (QED) is 0.707. The molecule has 1 aromatic rings. The first-order valence-corrected chi connectivity index (χ1v) is 4.11. The molecule has 1 aliphatic rings. The van der Waals surface area contributed by atoms with Gasteiger partial charge in [0.15, 0.2) is 17.4 Å². The zero-order valence-electron chi connectivity index (χ0n) is 7.61. The molecule has 0 saturated carbocycles. The van der Waals surface area contributed by atoms with Crippen molar-refractivity contribution in [2.24, 2.45) is 0 Å². The van der Waals surface area contributed by atoms with Gasteiger partial charge in [0.25, 0.3) is 0 Å². The maximum Gasteiger partial charge on any atom is 0.170 e. The zero-order valence-corrected chi connectivity index (χ0v) is 7.61. The normalized spacial score (nSPS) is 26.5. The predicted molar refractivity (Wildman–Crippen MR) is 44.8 cm³/mol. The summed E-state index contributed by atoms with van der Waals surface area (Å²) in [4.78, 5) is 0. The van der Waals surface area contributed by atoms with E-state index in [2.05, 4.69) is 5.16 Å². The molecule has 1 unspecified atom stereocenters. The molecule has 1 fully saturated rings. The second-order valence-corrected chi connectivity index (χ2v) is 3.47. The largest absolute Gasteiger partial charge is 0.381 e. The van der Waals surface area contributed by atoms with Crippen LogP contribution in [0.15, 0.2) is 10.6 Å². The molecule has 0 radical (unpaired) electrons. The lowest BCUT2D eigenvalue weighted by Crippen LogP contribution is -2.19. The van der Waals surface area contributed by atoms with Crippen LogP contribution < -0.4 is 5.73 Å². The highest BCUT2D eigenvalue weighted by Crippen LogP contribution is 2.33. The van der Waals surface area contributed by atoms with Gasteiger partial charge in [0.2, 0.25) is 0 Å². The van der Waals surface area contributed by atoms with E-state index in [9.17, 15) is 0 Å². The van der Waals surface area contributed by atoms with Crippen molar-refractivity contribution in [3.8, 4) is 0 Å². The Labute approximate surface area is 75.8 Å². The van der Waals surface area contributed by atoms with E-state index in [1.165, 1.54) is 0 Å². The molecule has 2 rings (SSSR count). The smallest absolute Gasteiger partial charge is 0.170 e. The number of anilines is 1. The maximum absolute atomic E-state index is 5.54. The van der Waals surface area contributed by atoms with Gasteiger partial charge in [-0.1, -0.05) is 5.16 Å². The third-order valence-electron chi connectivity index (χ3n) is 1.87. The Hall–Kier alpha value is -1.07. The Morgan fingerprint density at radius 1 is 1.62 bits per heavy atom. The molecule has 0 bridgehead atoms. The Kier molecular flexibility index (Phi) is 1.78. The van der Waals surface area contributed by atoms with Crippen molar-refractivity contribution in [1.82, 2.24) is 5.16 Å². The molecule has 5 heteroatoms. The van der Waals surface area contributed by atoms with Crippen molar-refractivity contribution in [2.75, 3.05) is 12.3 Å². The standard InChI is InChI=1S/C8H12N2O3/c1-8(2)11-4-6(12-8)5-3-7(9)10-13-5/h3,6H,4H2,1-2H3,(H2,9,10). The number of ether oxygens (including phenoxy) is 2. The van der Waals surface area contributed by atoms with Crippen LogP contribution in [0.2, 0.25) is 0 Å². The van der Waals surface area contributed by atoms with Crippen LogP contribution in [0.25, 0.3) is 0 Å². The fourth-order valence-corrected chi connectivity index (χ4v) is 1.28. The van der Waals surface area contributed by atoms with Crippen LogP contribution in [0.3, 0.4) is 0 Å². The summed E-state index contributed by atoms with van der Waals surface area (Å²) in [6.07, 6.45) is -0.195. The Bertz CT molecular complexity index is 308. The van der Waals surface area contributed by atoms with Gasteiger partial charge in [-0.25, -0.2) is 0 Å². The van der Waals surface area contributed by atoms with E-state index in [-0.39, 0.29) is 6.10 Å². The second-order valence-electron chi connectivity index (χ2n) is 3.47. The van der Waals surface area contributed by atoms with Crippen molar-refractivity contribution in [3.63, 3.8) is 0 Å². The van der Waals surface area contributed by atoms with Gasteiger partial charge in [0, 0.05) is 6.07 Å². The molecule has 0 amide bonds. The molecule has 0 aromatic carbocycles. The van der Waals surface area contributed by atoms with E-state index in [4.69, 9.17) is 19.7 Å². The summed E-state index contributed by atoms with van der Waals surface area (Å²) >= 11 is 0. The lowest BCUT2D eigenvalue weighted by Gasteiger charge is -2.15. The lowest BCUT2D eigenvalue weighted by atomic mass is 10.3. The summed E-state index contributed by atoms with van der Waals surface area (Å²) < 4.78 is 15.9. The van der Waals surface area contributed by atoms with Crippen LogP contribution in [-0.4, -0.2) is 17.6 Å². The summed E-state index contributed by atoms with van der Waals surface area (Å²) in [6, 6.07) is 1.65. The molecular formula is C8H12N2O3. The van der Waals surface area contributed by atoms with E-state index < -0.39 is 5.79 Å². The fourth-order valence-electron chi connectivity index (χ4n) is 1.28. The van der Waals surface area contributed by atoms with Gasteiger partial charge in [-0.2, -0.15) is 0 Å². The lowest BCUT2D eigenvalue weighted by molar-refractivity contribution is -0.141. The molecule has 13 heavy (non-hydrogen) atoms. The average molecular weight is 184 g/mol. The van der Waals surface area contributed by atoms with E-state index in [1.54, 1.807) is 6.07 Å². The van der Waals surface area contributed by atoms with Gasteiger partial charge in [0.1, 0.15) is 6.10 Å². The molecule has 2 N–H and O–H groups in total. The van der Waals surface area contributed by atoms with E-state index in [0.717, 1.165) is 0 Å². The number of nitrogens with two attached hydrogens (primary N) is 1. The first kappa shape index (κ1) is 8.52. The van der Waals surface area contributed by atoms with Crippen LogP contribution >= 0.6 is 0 Å². The molecule has 5 nitrogen and oxygen atoms in total. The van der Waals surface area contributed by atoms with E-state index in [0.29, 0.717) is 18.2 Å². The van der Waals surface area contributed by atoms with Crippen LogP contribution in [0, 0.1) is 0 Å². The predicted octanol–water partition coefficient (Wildman–Crippen LogP) is 1.08. The number of hydrogen-bond donors (Lipinski definition) is 1. The molecule has 1 saturated heterocycles. The number of hydrogen-bond acceptors (Lipinski definition) is 5. The highest BCUT2D eigenvalue weighted by Gasteiger charge is 2.35. The Balaban J connectivity index is 2.12. The van der Waals surface area contributed by atoms with Crippen LogP contribution in [0.4, 0.5) is 5.82 Å². The molecular weight excluding hydrogens is 172 g/mol. The van der Waals surface area contributed by atoms with Crippen LogP contribution in [0.5, 0.6) is 0 Å². The van der Waals surface area contributed by atoms with Gasteiger partial charge in [-0.05, 0) is 13.8 Å². The van der Waals surface area contributed by atoms with Crippen molar-refractivity contribution in [2.45, 2.75) is 25.7 Å². The fraction of sp³-hybridized carbons (Fsp3) is 0.625. The number of nitrogen functional groups attached to an aromatic ring is 1. The van der Waals surface area contributed by atoms with E-state index >= 15 is 0 Å². The molecule has 0 aliphatic carbocycles. The van der Waals surface area contributed by atoms with Crippen molar-refractivity contribution in [1.29, 1.82) is 0 Å². The second kappa shape index (κ2) is 2.71.